The number of rotatable bonds is 5. The standard InChI is InChI=1S/C16H22FNO2.C2H6/c1-11(19)15(16(2,3)4)18-14(20)10-7-12-5-8-13(17)9-6-12;1-2/h5-6,8-9,15H,7,10H2,1-4H3,(H,18,20);1-2H3. The van der Waals surface area contributed by atoms with Crippen molar-refractivity contribution in [2.24, 2.45) is 5.41 Å². The van der Waals surface area contributed by atoms with Crippen LogP contribution in [0.1, 0.15) is 53.5 Å². The SMILES string of the molecule is CC.CC(=O)C(NC(=O)CCc1ccc(F)cc1)C(C)(C)C. The third kappa shape index (κ3) is 7.34. The van der Waals surface area contributed by atoms with Crippen LogP contribution >= 0.6 is 0 Å². The molecule has 1 atom stereocenters. The Balaban J connectivity index is 0.00000211. The highest BCUT2D eigenvalue weighted by Crippen LogP contribution is 2.20. The van der Waals surface area contributed by atoms with E-state index in [0.29, 0.717) is 6.42 Å². The van der Waals surface area contributed by atoms with Gasteiger partial charge in [0.25, 0.3) is 0 Å². The smallest absolute Gasteiger partial charge is 0.220 e. The second-order valence-electron chi connectivity index (χ2n) is 6.10. The van der Waals surface area contributed by atoms with Crippen LogP contribution in [0.2, 0.25) is 0 Å². The number of amides is 1. The number of halogens is 1. The average molecular weight is 309 g/mol. The topological polar surface area (TPSA) is 46.2 Å². The van der Waals surface area contributed by atoms with Crippen molar-refractivity contribution in [3.05, 3.63) is 35.6 Å². The van der Waals surface area contributed by atoms with E-state index in [9.17, 15) is 14.0 Å². The van der Waals surface area contributed by atoms with Gasteiger partial charge in [0.15, 0.2) is 5.78 Å². The lowest BCUT2D eigenvalue weighted by Gasteiger charge is -2.29. The third-order valence-corrected chi connectivity index (χ3v) is 3.13. The quantitative estimate of drug-likeness (QED) is 0.896. The van der Waals surface area contributed by atoms with Gasteiger partial charge in [0.2, 0.25) is 5.91 Å². The Hall–Kier alpha value is -1.71. The predicted octanol–water partition coefficient (Wildman–Crippen LogP) is 3.90. The molecule has 22 heavy (non-hydrogen) atoms. The molecule has 0 fully saturated rings. The molecule has 1 N–H and O–H groups in total. The van der Waals surface area contributed by atoms with Crippen LogP contribution in [0.5, 0.6) is 0 Å². The maximum absolute atomic E-state index is 12.8. The van der Waals surface area contributed by atoms with Gasteiger partial charge in [-0.05, 0) is 36.5 Å². The molecule has 1 unspecified atom stereocenters. The summed E-state index contributed by atoms with van der Waals surface area (Å²) in [6.07, 6.45) is 0.812. The minimum atomic E-state index is -0.483. The highest BCUT2D eigenvalue weighted by Gasteiger charge is 2.29. The number of benzene rings is 1. The molecule has 0 saturated heterocycles. The Labute approximate surface area is 133 Å². The summed E-state index contributed by atoms with van der Waals surface area (Å²) in [5, 5.41) is 2.78. The molecule has 0 spiro atoms. The molecule has 0 aliphatic heterocycles. The van der Waals surface area contributed by atoms with E-state index < -0.39 is 6.04 Å². The highest BCUT2D eigenvalue weighted by atomic mass is 19.1. The van der Waals surface area contributed by atoms with Crippen molar-refractivity contribution in [3.8, 4) is 0 Å². The molecule has 0 saturated carbocycles. The first-order chi connectivity index (χ1) is 10.2. The van der Waals surface area contributed by atoms with Crippen LogP contribution in [0.3, 0.4) is 0 Å². The van der Waals surface area contributed by atoms with Crippen LogP contribution < -0.4 is 5.32 Å². The van der Waals surface area contributed by atoms with Crippen LogP contribution in [0.15, 0.2) is 24.3 Å². The number of carbonyl (C=O) groups is 2. The van der Waals surface area contributed by atoms with Gasteiger partial charge in [0.1, 0.15) is 5.82 Å². The lowest BCUT2D eigenvalue weighted by molar-refractivity contribution is -0.129. The fourth-order valence-corrected chi connectivity index (χ4v) is 2.07. The van der Waals surface area contributed by atoms with Gasteiger partial charge in [0, 0.05) is 6.42 Å². The monoisotopic (exact) mass is 309 g/mol. The van der Waals surface area contributed by atoms with Crippen LogP contribution in [0.25, 0.3) is 0 Å². The molecular formula is C18H28FNO2. The molecule has 0 aromatic heterocycles. The Morgan fingerprint density at radius 1 is 1.14 bits per heavy atom. The van der Waals surface area contributed by atoms with E-state index in [-0.39, 0.29) is 29.3 Å². The van der Waals surface area contributed by atoms with Crippen LogP contribution in [-0.2, 0) is 16.0 Å². The Bertz CT molecular complexity index is 475. The molecular weight excluding hydrogens is 281 g/mol. The number of hydrogen-bond acceptors (Lipinski definition) is 2. The number of hydrogen-bond donors (Lipinski definition) is 1. The molecule has 3 nitrogen and oxygen atoms in total. The number of ketones is 1. The molecule has 0 aliphatic carbocycles. The minimum Gasteiger partial charge on any atom is -0.346 e. The fourth-order valence-electron chi connectivity index (χ4n) is 2.07. The molecule has 0 bridgehead atoms. The molecule has 1 aromatic carbocycles. The second-order valence-corrected chi connectivity index (χ2v) is 6.10. The maximum Gasteiger partial charge on any atom is 0.220 e. The van der Waals surface area contributed by atoms with Crippen LogP contribution in [-0.4, -0.2) is 17.7 Å². The van der Waals surface area contributed by atoms with Crippen molar-refractivity contribution in [3.63, 3.8) is 0 Å². The van der Waals surface area contributed by atoms with E-state index in [0.717, 1.165) is 5.56 Å². The largest absolute Gasteiger partial charge is 0.346 e. The fraction of sp³-hybridized carbons (Fsp3) is 0.556. The van der Waals surface area contributed by atoms with E-state index in [2.05, 4.69) is 5.32 Å². The number of Topliss-reactive ketones (excluding diaryl/α,β-unsaturated/α-hetero) is 1. The van der Waals surface area contributed by atoms with Crippen LogP contribution in [0.4, 0.5) is 4.39 Å². The Morgan fingerprint density at radius 3 is 2.05 bits per heavy atom. The van der Waals surface area contributed by atoms with Crippen molar-refractivity contribution in [2.75, 3.05) is 0 Å². The summed E-state index contributed by atoms with van der Waals surface area (Å²) in [6.45, 7) is 11.2. The lowest BCUT2D eigenvalue weighted by Crippen LogP contribution is -2.48. The zero-order valence-corrected chi connectivity index (χ0v) is 14.5. The van der Waals surface area contributed by atoms with E-state index in [4.69, 9.17) is 0 Å². The zero-order chi connectivity index (χ0) is 17.3. The van der Waals surface area contributed by atoms with Gasteiger partial charge in [-0.1, -0.05) is 46.8 Å². The summed E-state index contributed by atoms with van der Waals surface area (Å²) in [4.78, 5) is 23.5. The summed E-state index contributed by atoms with van der Waals surface area (Å²) >= 11 is 0. The summed E-state index contributed by atoms with van der Waals surface area (Å²) in [5.74, 6) is -0.500. The maximum atomic E-state index is 12.8. The van der Waals surface area contributed by atoms with E-state index in [1.54, 1.807) is 12.1 Å². The normalized spacial score (nSPS) is 12.0. The van der Waals surface area contributed by atoms with Gasteiger partial charge in [-0.3, -0.25) is 9.59 Å². The first-order valence-corrected chi connectivity index (χ1v) is 7.74. The van der Waals surface area contributed by atoms with Gasteiger partial charge >= 0.3 is 0 Å². The summed E-state index contributed by atoms with van der Waals surface area (Å²) in [7, 11) is 0. The summed E-state index contributed by atoms with van der Waals surface area (Å²) < 4.78 is 12.8. The van der Waals surface area contributed by atoms with E-state index in [1.807, 2.05) is 34.6 Å². The highest BCUT2D eigenvalue weighted by molar-refractivity contribution is 5.88. The third-order valence-electron chi connectivity index (χ3n) is 3.13. The van der Waals surface area contributed by atoms with Gasteiger partial charge < -0.3 is 5.32 Å². The van der Waals surface area contributed by atoms with Crippen molar-refractivity contribution in [2.45, 2.75) is 60.4 Å². The van der Waals surface area contributed by atoms with Crippen LogP contribution in [0, 0.1) is 11.2 Å². The first kappa shape index (κ1) is 20.3. The zero-order valence-electron chi connectivity index (χ0n) is 14.5. The Kier molecular flexibility index (Phi) is 8.61. The van der Waals surface area contributed by atoms with E-state index >= 15 is 0 Å². The van der Waals surface area contributed by atoms with Crippen molar-refractivity contribution < 1.29 is 14.0 Å². The summed E-state index contributed by atoms with van der Waals surface area (Å²) in [5.41, 5.74) is 0.592. The minimum absolute atomic E-state index is 0.0485. The number of nitrogens with one attached hydrogen (secondary N) is 1. The van der Waals surface area contributed by atoms with E-state index in [1.165, 1.54) is 19.1 Å². The van der Waals surface area contributed by atoms with Gasteiger partial charge in [0.05, 0.1) is 6.04 Å². The molecule has 0 aliphatic rings. The predicted molar refractivity (Wildman–Crippen MR) is 88.1 cm³/mol. The molecule has 124 valence electrons. The molecule has 1 amide bonds. The molecule has 1 rings (SSSR count). The summed E-state index contributed by atoms with van der Waals surface area (Å²) in [6, 6.07) is 5.59. The average Bonchev–Trinajstić information content (AvgIpc) is 2.45. The first-order valence-electron chi connectivity index (χ1n) is 7.74. The Morgan fingerprint density at radius 2 is 1.64 bits per heavy atom. The van der Waals surface area contributed by atoms with Crippen molar-refractivity contribution in [1.82, 2.24) is 5.32 Å². The number of aryl methyl sites for hydroxylation is 1. The number of carbonyl (C=O) groups excluding carboxylic acids is 2. The lowest BCUT2D eigenvalue weighted by atomic mass is 9.84. The van der Waals surface area contributed by atoms with Gasteiger partial charge in [-0.25, -0.2) is 4.39 Å². The van der Waals surface area contributed by atoms with Gasteiger partial charge in [-0.2, -0.15) is 0 Å². The molecule has 1 aromatic rings. The molecule has 0 heterocycles. The van der Waals surface area contributed by atoms with Gasteiger partial charge in [-0.15, -0.1) is 0 Å². The van der Waals surface area contributed by atoms with Crippen molar-refractivity contribution in [1.29, 1.82) is 0 Å². The second kappa shape index (κ2) is 9.34. The van der Waals surface area contributed by atoms with Crippen molar-refractivity contribution >= 4 is 11.7 Å². The molecule has 0 radical (unpaired) electrons. The molecule has 4 heteroatoms.